The molecule has 2 N–H and O–H groups in total. The Bertz CT molecular complexity index is 766. The number of rotatable bonds is 4. The lowest BCUT2D eigenvalue weighted by Gasteiger charge is -2.09. The van der Waals surface area contributed by atoms with E-state index in [4.69, 9.17) is 23.2 Å². The minimum absolute atomic E-state index is 0.00486. The van der Waals surface area contributed by atoms with Gasteiger partial charge in [0.05, 0.1) is 17.2 Å². The molecule has 0 saturated carbocycles. The molecule has 0 aliphatic carbocycles. The van der Waals surface area contributed by atoms with Gasteiger partial charge in [-0.1, -0.05) is 29.3 Å². The number of anilines is 1. The van der Waals surface area contributed by atoms with Crippen molar-refractivity contribution in [3.05, 3.63) is 46.1 Å². The second-order valence-electron chi connectivity index (χ2n) is 3.93. The average Bonchev–Trinajstić information content (AvgIpc) is 2.85. The van der Waals surface area contributed by atoms with Gasteiger partial charge in [-0.05, 0) is 24.3 Å². The highest BCUT2D eigenvalue weighted by Crippen LogP contribution is 2.30. The van der Waals surface area contributed by atoms with Gasteiger partial charge in [0.25, 0.3) is 10.0 Å². The number of H-pyrrole nitrogens is 1. The third-order valence-electron chi connectivity index (χ3n) is 2.52. The lowest BCUT2D eigenvalue weighted by Crippen LogP contribution is -2.14. The van der Waals surface area contributed by atoms with Crippen LogP contribution in [0.1, 0.15) is 10.5 Å². The zero-order valence-electron chi connectivity index (χ0n) is 10.7. The van der Waals surface area contributed by atoms with Gasteiger partial charge < -0.3 is 9.72 Å². The Kier molecular flexibility index (Phi) is 4.46. The van der Waals surface area contributed by atoms with Crippen LogP contribution < -0.4 is 4.72 Å². The van der Waals surface area contributed by atoms with Gasteiger partial charge in [0.15, 0.2) is 0 Å². The van der Waals surface area contributed by atoms with Crippen LogP contribution in [-0.4, -0.2) is 26.5 Å². The monoisotopic (exact) mass is 348 g/mol. The Morgan fingerprint density at radius 1 is 1.19 bits per heavy atom. The van der Waals surface area contributed by atoms with E-state index in [-0.39, 0.29) is 26.5 Å². The van der Waals surface area contributed by atoms with Crippen LogP contribution in [0.3, 0.4) is 0 Å². The quantitative estimate of drug-likeness (QED) is 0.831. The van der Waals surface area contributed by atoms with Crippen molar-refractivity contribution in [2.75, 3.05) is 11.8 Å². The largest absolute Gasteiger partial charge is 0.464 e. The predicted octanol–water partition coefficient (Wildman–Crippen LogP) is 2.91. The van der Waals surface area contributed by atoms with Crippen LogP contribution >= 0.6 is 23.2 Å². The molecule has 0 saturated heterocycles. The lowest BCUT2D eigenvalue weighted by atomic mass is 10.4. The van der Waals surface area contributed by atoms with Crippen LogP contribution in [0.15, 0.2) is 35.2 Å². The summed E-state index contributed by atoms with van der Waals surface area (Å²) >= 11 is 11.7. The minimum Gasteiger partial charge on any atom is -0.464 e. The molecule has 112 valence electrons. The maximum atomic E-state index is 12.3. The standard InChI is InChI=1S/C12H10Cl2N2O4S/c1-20-12(17)9-5-6-10(15-9)16-21(18,19)11-7(13)3-2-4-8(11)14/h2-6,15-16H,1H3. The Balaban J connectivity index is 2.34. The first-order chi connectivity index (χ1) is 9.85. The number of ether oxygens (including phenoxy) is 1. The van der Waals surface area contributed by atoms with E-state index < -0.39 is 16.0 Å². The third-order valence-corrected chi connectivity index (χ3v) is 4.84. The Labute approximate surface area is 131 Å². The molecule has 0 aliphatic rings. The van der Waals surface area contributed by atoms with Gasteiger partial charge in [-0.15, -0.1) is 0 Å². The van der Waals surface area contributed by atoms with Crippen molar-refractivity contribution < 1.29 is 17.9 Å². The fourth-order valence-electron chi connectivity index (χ4n) is 1.62. The maximum absolute atomic E-state index is 12.3. The molecule has 9 heteroatoms. The van der Waals surface area contributed by atoms with Crippen LogP contribution in [0.4, 0.5) is 5.82 Å². The van der Waals surface area contributed by atoms with Crippen LogP contribution in [-0.2, 0) is 14.8 Å². The number of aromatic amines is 1. The summed E-state index contributed by atoms with van der Waals surface area (Å²) in [5.41, 5.74) is 0.112. The fourth-order valence-corrected chi connectivity index (χ4v) is 3.79. The van der Waals surface area contributed by atoms with E-state index in [1.165, 1.54) is 37.4 Å². The van der Waals surface area contributed by atoms with Crippen molar-refractivity contribution in [2.24, 2.45) is 0 Å². The minimum atomic E-state index is -3.99. The lowest BCUT2D eigenvalue weighted by molar-refractivity contribution is 0.0595. The zero-order valence-corrected chi connectivity index (χ0v) is 13.0. The van der Waals surface area contributed by atoms with Gasteiger partial charge >= 0.3 is 5.97 Å². The Morgan fingerprint density at radius 2 is 1.81 bits per heavy atom. The topological polar surface area (TPSA) is 88.3 Å². The molecule has 0 fully saturated rings. The number of carbonyl (C=O) groups excluding carboxylic acids is 1. The molecular weight excluding hydrogens is 339 g/mol. The van der Waals surface area contributed by atoms with Gasteiger partial charge in [-0.3, -0.25) is 4.72 Å². The summed E-state index contributed by atoms with van der Waals surface area (Å²) in [6.07, 6.45) is 0. The number of sulfonamides is 1. The Hall–Kier alpha value is -1.70. The van der Waals surface area contributed by atoms with Crippen molar-refractivity contribution in [3.63, 3.8) is 0 Å². The molecule has 0 aliphatic heterocycles. The van der Waals surface area contributed by atoms with Crippen molar-refractivity contribution in [1.29, 1.82) is 0 Å². The van der Waals surface area contributed by atoms with E-state index in [1.807, 2.05) is 0 Å². The highest BCUT2D eigenvalue weighted by molar-refractivity contribution is 7.93. The van der Waals surface area contributed by atoms with Crippen molar-refractivity contribution >= 4 is 45.0 Å². The number of aromatic nitrogens is 1. The Morgan fingerprint density at radius 3 is 2.38 bits per heavy atom. The van der Waals surface area contributed by atoms with Crippen LogP contribution in [0.2, 0.25) is 10.0 Å². The van der Waals surface area contributed by atoms with Crippen LogP contribution in [0.25, 0.3) is 0 Å². The summed E-state index contributed by atoms with van der Waals surface area (Å²) in [6.45, 7) is 0. The summed E-state index contributed by atoms with van der Waals surface area (Å²) < 4.78 is 31.3. The normalized spacial score (nSPS) is 11.2. The van der Waals surface area contributed by atoms with Crippen LogP contribution in [0.5, 0.6) is 0 Å². The second-order valence-corrected chi connectivity index (χ2v) is 6.37. The number of methoxy groups -OCH3 is 1. The molecule has 0 unspecified atom stereocenters. The number of nitrogens with one attached hydrogen (secondary N) is 2. The molecule has 2 aromatic rings. The third kappa shape index (κ3) is 3.31. The molecule has 0 amide bonds. The van der Waals surface area contributed by atoms with E-state index in [0.717, 1.165) is 0 Å². The van der Waals surface area contributed by atoms with Gasteiger partial charge in [-0.2, -0.15) is 0 Å². The van der Waals surface area contributed by atoms with E-state index in [2.05, 4.69) is 14.4 Å². The maximum Gasteiger partial charge on any atom is 0.354 e. The van der Waals surface area contributed by atoms with Crippen molar-refractivity contribution in [2.45, 2.75) is 4.90 Å². The molecule has 2 rings (SSSR count). The van der Waals surface area contributed by atoms with Crippen LogP contribution in [0, 0.1) is 0 Å². The summed E-state index contributed by atoms with van der Waals surface area (Å²) in [6, 6.07) is 7.13. The van der Waals surface area contributed by atoms with Gasteiger partial charge in [-0.25, -0.2) is 13.2 Å². The van der Waals surface area contributed by atoms with Gasteiger partial charge in [0.1, 0.15) is 16.4 Å². The molecule has 1 aromatic heterocycles. The molecule has 0 spiro atoms. The fraction of sp³-hybridized carbons (Fsp3) is 0.0833. The van der Waals surface area contributed by atoms with Crippen molar-refractivity contribution in [1.82, 2.24) is 4.98 Å². The summed E-state index contributed by atoms with van der Waals surface area (Å²) in [5.74, 6) is -0.525. The smallest absolute Gasteiger partial charge is 0.354 e. The SMILES string of the molecule is COC(=O)c1ccc(NS(=O)(=O)c2c(Cl)cccc2Cl)[nH]1. The summed E-state index contributed by atoms with van der Waals surface area (Å²) in [4.78, 5) is 13.6. The molecule has 0 radical (unpaired) electrons. The number of hydrogen-bond donors (Lipinski definition) is 2. The predicted molar refractivity (Wildman–Crippen MR) is 79.4 cm³/mol. The molecular formula is C12H10Cl2N2O4S. The second kappa shape index (κ2) is 5.97. The molecule has 0 atom stereocenters. The molecule has 21 heavy (non-hydrogen) atoms. The number of hydrogen-bond acceptors (Lipinski definition) is 4. The molecule has 1 aromatic carbocycles. The van der Waals surface area contributed by atoms with Crippen molar-refractivity contribution in [3.8, 4) is 0 Å². The highest BCUT2D eigenvalue weighted by Gasteiger charge is 2.22. The van der Waals surface area contributed by atoms with Gasteiger partial charge in [0, 0.05) is 0 Å². The molecule has 6 nitrogen and oxygen atoms in total. The van der Waals surface area contributed by atoms with E-state index in [0.29, 0.717) is 0 Å². The first-order valence-corrected chi connectivity index (χ1v) is 7.83. The number of benzene rings is 1. The summed E-state index contributed by atoms with van der Waals surface area (Å²) in [7, 11) is -2.77. The average molecular weight is 349 g/mol. The highest BCUT2D eigenvalue weighted by atomic mass is 35.5. The van der Waals surface area contributed by atoms with E-state index in [9.17, 15) is 13.2 Å². The summed E-state index contributed by atoms with van der Waals surface area (Å²) in [5, 5.41) is -0.00973. The number of esters is 1. The van der Waals surface area contributed by atoms with E-state index in [1.54, 1.807) is 0 Å². The first-order valence-electron chi connectivity index (χ1n) is 5.59. The molecule has 0 bridgehead atoms. The van der Waals surface area contributed by atoms with Gasteiger partial charge in [0.2, 0.25) is 0 Å². The molecule has 1 heterocycles. The number of halogens is 2. The first kappa shape index (κ1) is 15.7. The zero-order chi connectivity index (χ0) is 15.6. The number of carbonyl (C=O) groups is 1. The van der Waals surface area contributed by atoms with E-state index >= 15 is 0 Å².